The number of fused-ring (bicyclic) bond motifs is 8. The van der Waals surface area contributed by atoms with Crippen LogP contribution in [0, 0.1) is 11.6 Å². The predicted octanol–water partition coefficient (Wildman–Crippen LogP) is 12.2. The second-order valence-corrected chi connectivity index (χ2v) is 12.5. The molecule has 7 aromatic carbocycles. The van der Waals surface area contributed by atoms with Crippen molar-refractivity contribution in [3.05, 3.63) is 169 Å². The van der Waals surface area contributed by atoms with Crippen molar-refractivity contribution in [1.82, 2.24) is 9.13 Å². The highest BCUT2D eigenvalue weighted by molar-refractivity contribution is 6.21. The number of hydrogen-bond donors (Lipinski definition) is 0. The molecular weight excluding hydrogens is 610 g/mol. The first-order chi connectivity index (χ1) is 24.1. The Hall–Kier alpha value is -6.46. The zero-order valence-electron chi connectivity index (χ0n) is 26.1. The number of benzene rings is 7. The zero-order chi connectivity index (χ0) is 32.6. The van der Waals surface area contributed by atoms with Crippen LogP contribution in [-0.4, -0.2) is 9.13 Å². The third kappa shape index (κ3) is 4.26. The van der Waals surface area contributed by atoms with Gasteiger partial charge in [0.15, 0.2) is 0 Å². The molecular formula is C44H26F2N2O. The summed E-state index contributed by atoms with van der Waals surface area (Å²) in [5, 5.41) is 4.57. The topological polar surface area (TPSA) is 23.0 Å². The Morgan fingerprint density at radius 3 is 1.47 bits per heavy atom. The van der Waals surface area contributed by atoms with Crippen molar-refractivity contribution in [1.29, 1.82) is 0 Å². The van der Waals surface area contributed by atoms with Crippen molar-refractivity contribution >= 4 is 54.8 Å². The second-order valence-electron chi connectivity index (χ2n) is 12.5. The van der Waals surface area contributed by atoms with Gasteiger partial charge in [-0.25, -0.2) is 8.78 Å². The molecule has 0 bridgehead atoms. The standard InChI is InChI=1S/C44H26F2N2O/c45-31-13-20-39-35(25-31)36-26-32(46)14-21-40(36)47(39)33-15-17-34(18-16-33)48-41-19-11-29(27-7-3-1-4-8-27)23-37(41)43-38-24-30(28-9-5-2-6-10-28)12-22-42(38)49-44(43)48/h1-26H. The highest BCUT2D eigenvalue weighted by atomic mass is 19.1. The maximum atomic E-state index is 14.3. The molecule has 0 unspecified atom stereocenters. The van der Waals surface area contributed by atoms with Crippen LogP contribution in [-0.2, 0) is 0 Å². The first-order valence-corrected chi connectivity index (χ1v) is 16.2. The van der Waals surface area contributed by atoms with Crippen LogP contribution in [0.25, 0.3) is 88.4 Å². The zero-order valence-corrected chi connectivity index (χ0v) is 26.1. The molecule has 0 aliphatic rings. The fraction of sp³-hybridized carbons (Fsp3) is 0. The molecule has 0 spiro atoms. The van der Waals surface area contributed by atoms with Crippen LogP contribution in [0.3, 0.4) is 0 Å². The number of nitrogens with zero attached hydrogens (tertiary/aromatic N) is 2. The Morgan fingerprint density at radius 1 is 0.388 bits per heavy atom. The summed E-state index contributed by atoms with van der Waals surface area (Å²) in [5.74, 6) is -0.710. The lowest BCUT2D eigenvalue weighted by atomic mass is 10.0. The number of aromatic nitrogens is 2. The maximum Gasteiger partial charge on any atom is 0.213 e. The summed E-state index contributed by atoms with van der Waals surface area (Å²) in [5.41, 5.74) is 10.7. The normalized spacial score (nSPS) is 11.9. The lowest BCUT2D eigenvalue weighted by Crippen LogP contribution is -1.97. The molecule has 3 heterocycles. The number of furan rings is 1. The summed E-state index contributed by atoms with van der Waals surface area (Å²) in [4.78, 5) is 0. The molecule has 10 aromatic rings. The molecule has 0 aliphatic heterocycles. The van der Waals surface area contributed by atoms with Gasteiger partial charge in [-0.15, -0.1) is 0 Å². The molecule has 0 aliphatic carbocycles. The molecule has 49 heavy (non-hydrogen) atoms. The van der Waals surface area contributed by atoms with E-state index in [2.05, 4.69) is 106 Å². The van der Waals surface area contributed by atoms with Gasteiger partial charge in [0.05, 0.1) is 21.9 Å². The molecule has 3 aromatic heterocycles. The van der Waals surface area contributed by atoms with Gasteiger partial charge in [0.25, 0.3) is 0 Å². The van der Waals surface area contributed by atoms with Crippen LogP contribution in [0.1, 0.15) is 0 Å². The van der Waals surface area contributed by atoms with Crippen LogP contribution in [0.15, 0.2) is 162 Å². The minimum atomic E-state index is -0.355. The van der Waals surface area contributed by atoms with Crippen LogP contribution < -0.4 is 0 Å². The molecule has 0 fully saturated rings. The Morgan fingerprint density at radius 2 is 0.878 bits per heavy atom. The van der Waals surface area contributed by atoms with E-state index in [1.807, 2.05) is 24.3 Å². The van der Waals surface area contributed by atoms with Crippen LogP contribution in [0.2, 0.25) is 0 Å². The molecule has 0 saturated heterocycles. The minimum Gasteiger partial charge on any atom is -0.439 e. The summed E-state index contributed by atoms with van der Waals surface area (Å²) in [6, 6.07) is 51.4. The molecule has 5 heteroatoms. The van der Waals surface area contributed by atoms with Gasteiger partial charge >= 0.3 is 0 Å². The third-order valence-electron chi connectivity index (χ3n) is 9.65. The first kappa shape index (κ1) is 27.6. The van der Waals surface area contributed by atoms with E-state index < -0.39 is 0 Å². The molecule has 0 radical (unpaired) electrons. The molecule has 0 saturated carbocycles. The largest absolute Gasteiger partial charge is 0.439 e. The monoisotopic (exact) mass is 636 g/mol. The van der Waals surface area contributed by atoms with Gasteiger partial charge in [-0.05, 0) is 107 Å². The van der Waals surface area contributed by atoms with Gasteiger partial charge in [0, 0.05) is 32.9 Å². The number of halogens is 2. The van der Waals surface area contributed by atoms with E-state index in [9.17, 15) is 8.78 Å². The number of hydrogen-bond acceptors (Lipinski definition) is 1. The van der Waals surface area contributed by atoms with E-state index in [1.54, 1.807) is 12.1 Å². The molecule has 0 N–H and O–H groups in total. The first-order valence-electron chi connectivity index (χ1n) is 16.2. The van der Waals surface area contributed by atoms with Crippen molar-refractivity contribution < 1.29 is 13.2 Å². The summed E-state index contributed by atoms with van der Waals surface area (Å²) in [6.07, 6.45) is 0. The lowest BCUT2D eigenvalue weighted by molar-refractivity contribution is 0.628. The van der Waals surface area contributed by atoms with Gasteiger partial charge < -0.3 is 8.98 Å². The average molecular weight is 637 g/mol. The Bertz CT molecular complexity index is 2820. The molecule has 0 amide bonds. The van der Waals surface area contributed by atoms with Crippen molar-refractivity contribution in [2.45, 2.75) is 0 Å². The molecule has 10 rings (SSSR count). The fourth-order valence-corrected chi connectivity index (χ4v) is 7.42. The summed E-state index contributed by atoms with van der Waals surface area (Å²) >= 11 is 0. The van der Waals surface area contributed by atoms with E-state index >= 15 is 0 Å². The van der Waals surface area contributed by atoms with Gasteiger partial charge in [0.2, 0.25) is 5.71 Å². The highest BCUT2D eigenvalue weighted by Gasteiger charge is 2.21. The lowest BCUT2D eigenvalue weighted by Gasteiger charge is -2.11. The van der Waals surface area contributed by atoms with Crippen LogP contribution in [0.4, 0.5) is 8.78 Å². The SMILES string of the molecule is Fc1ccc2c(c1)c1cc(F)ccc1n2-c1ccc(-n2c3ccc(-c4ccccc4)cc3c3c4cc(-c5ccccc5)ccc4oc32)cc1. The van der Waals surface area contributed by atoms with Gasteiger partial charge in [-0.2, -0.15) is 0 Å². The molecule has 232 valence electrons. The van der Waals surface area contributed by atoms with Crippen LogP contribution in [0.5, 0.6) is 0 Å². The van der Waals surface area contributed by atoms with E-state index in [-0.39, 0.29) is 11.6 Å². The summed E-state index contributed by atoms with van der Waals surface area (Å²) in [6.45, 7) is 0. The molecule has 0 atom stereocenters. The quantitative estimate of drug-likeness (QED) is 0.188. The molecule has 3 nitrogen and oxygen atoms in total. The van der Waals surface area contributed by atoms with Gasteiger partial charge in [0.1, 0.15) is 17.2 Å². The predicted molar refractivity (Wildman–Crippen MR) is 196 cm³/mol. The van der Waals surface area contributed by atoms with Crippen molar-refractivity contribution in [3.63, 3.8) is 0 Å². The summed E-state index contributed by atoms with van der Waals surface area (Å²) < 4.78 is 39.6. The highest BCUT2D eigenvalue weighted by Crippen LogP contribution is 2.42. The second kappa shape index (κ2) is 10.5. The van der Waals surface area contributed by atoms with Crippen LogP contribution >= 0.6 is 0 Å². The Kier molecular flexibility index (Phi) is 5.94. The Balaban J connectivity index is 1.20. The van der Waals surface area contributed by atoms with E-state index in [0.29, 0.717) is 10.8 Å². The van der Waals surface area contributed by atoms with Crippen molar-refractivity contribution in [2.24, 2.45) is 0 Å². The van der Waals surface area contributed by atoms with E-state index in [0.717, 1.165) is 77.6 Å². The van der Waals surface area contributed by atoms with Gasteiger partial charge in [-0.1, -0.05) is 72.8 Å². The van der Waals surface area contributed by atoms with Crippen molar-refractivity contribution in [2.75, 3.05) is 0 Å². The summed E-state index contributed by atoms with van der Waals surface area (Å²) in [7, 11) is 0. The van der Waals surface area contributed by atoms with E-state index in [1.165, 1.54) is 24.3 Å². The van der Waals surface area contributed by atoms with E-state index in [4.69, 9.17) is 4.42 Å². The number of rotatable bonds is 4. The average Bonchev–Trinajstić information content (AvgIpc) is 3.78. The minimum absolute atomic E-state index is 0.355. The maximum absolute atomic E-state index is 14.3. The fourth-order valence-electron chi connectivity index (χ4n) is 7.42. The van der Waals surface area contributed by atoms with Gasteiger partial charge in [-0.3, -0.25) is 4.57 Å². The third-order valence-corrected chi connectivity index (χ3v) is 9.65. The van der Waals surface area contributed by atoms with Crippen molar-refractivity contribution in [3.8, 4) is 33.6 Å². The Labute approximate surface area is 279 Å². The smallest absolute Gasteiger partial charge is 0.213 e.